The molecule has 7 nitrogen and oxygen atoms in total. The van der Waals surface area contributed by atoms with Crippen LogP contribution in [-0.2, 0) is 16.8 Å². The molecular formula is C21H25N5O2S. The van der Waals surface area contributed by atoms with Crippen LogP contribution in [0.25, 0.3) is 10.4 Å². The van der Waals surface area contributed by atoms with Crippen molar-refractivity contribution in [2.45, 2.75) is 32.9 Å². The predicted molar refractivity (Wildman–Crippen MR) is 115 cm³/mol. The summed E-state index contributed by atoms with van der Waals surface area (Å²) in [5.41, 5.74) is 1.49. The van der Waals surface area contributed by atoms with Gasteiger partial charge in [0.1, 0.15) is 11.6 Å². The third-order valence-electron chi connectivity index (χ3n) is 5.27. The molecule has 1 aliphatic heterocycles. The Labute approximate surface area is 174 Å². The smallest absolute Gasteiger partial charge is 0.255 e. The summed E-state index contributed by atoms with van der Waals surface area (Å²) in [7, 11) is 1.66. The Morgan fingerprint density at radius 2 is 2.07 bits per heavy atom. The van der Waals surface area contributed by atoms with Gasteiger partial charge in [-0.3, -0.25) is 4.79 Å². The van der Waals surface area contributed by atoms with Gasteiger partial charge in [0.15, 0.2) is 0 Å². The summed E-state index contributed by atoms with van der Waals surface area (Å²) in [4.78, 5) is 21.4. The van der Waals surface area contributed by atoms with Crippen LogP contribution in [-0.4, -0.2) is 45.8 Å². The number of nitrogens with zero attached hydrogens (tertiary/aromatic N) is 4. The number of hydrogen-bond acceptors (Lipinski definition) is 6. The van der Waals surface area contributed by atoms with Crippen LogP contribution in [0.2, 0.25) is 0 Å². The number of anilines is 2. The number of carbonyl (C=O) groups excluding carboxylic acids is 1. The van der Waals surface area contributed by atoms with Crippen LogP contribution < -0.4 is 5.32 Å². The minimum atomic E-state index is -0.338. The van der Waals surface area contributed by atoms with E-state index in [0.29, 0.717) is 13.2 Å². The van der Waals surface area contributed by atoms with E-state index in [4.69, 9.17) is 4.74 Å². The van der Waals surface area contributed by atoms with Crippen molar-refractivity contribution >= 4 is 28.9 Å². The highest BCUT2D eigenvalue weighted by atomic mass is 32.1. The third kappa shape index (κ3) is 3.42. The number of rotatable bonds is 7. The van der Waals surface area contributed by atoms with Crippen LogP contribution in [0.4, 0.5) is 11.6 Å². The van der Waals surface area contributed by atoms with E-state index in [0.717, 1.165) is 39.1 Å². The minimum absolute atomic E-state index is 0.0730. The second-order valence-corrected chi connectivity index (χ2v) is 8.50. The van der Waals surface area contributed by atoms with Gasteiger partial charge in [0.2, 0.25) is 0 Å². The van der Waals surface area contributed by atoms with Crippen LogP contribution in [0.3, 0.4) is 0 Å². The average Bonchev–Trinajstić information content (AvgIpc) is 3.38. The van der Waals surface area contributed by atoms with Gasteiger partial charge in [0.05, 0.1) is 23.9 Å². The summed E-state index contributed by atoms with van der Waals surface area (Å²) in [5.74, 6) is 1.72. The molecule has 0 aliphatic carbocycles. The molecule has 3 aromatic heterocycles. The maximum atomic E-state index is 13.0. The third-order valence-corrected chi connectivity index (χ3v) is 6.77. The standard InChI is InChI=1S/C21H25N5O2S/c1-5-26-18(7-9-23-26)24-17-12-14(6-8-22-17)16-13-15-19(29-16)21(2,3)25(20(15)27)10-11-28-4/h6-9,12-13H,5,10-11H2,1-4H3,(H,22,24). The van der Waals surface area contributed by atoms with E-state index in [9.17, 15) is 4.79 Å². The number of thiophene rings is 1. The highest BCUT2D eigenvalue weighted by Gasteiger charge is 2.44. The molecule has 0 saturated carbocycles. The van der Waals surface area contributed by atoms with E-state index < -0.39 is 0 Å². The SMILES string of the molecule is CCn1nccc1Nc1cc(-c2cc3c(s2)C(C)(C)N(CCOC)C3=O)ccn1. The van der Waals surface area contributed by atoms with Crippen LogP contribution in [0.15, 0.2) is 36.7 Å². The van der Waals surface area contributed by atoms with Crippen molar-refractivity contribution < 1.29 is 9.53 Å². The molecular weight excluding hydrogens is 386 g/mol. The Morgan fingerprint density at radius 1 is 1.24 bits per heavy atom. The van der Waals surface area contributed by atoms with Crippen molar-refractivity contribution in [3.05, 3.63) is 47.1 Å². The molecule has 0 radical (unpaired) electrons. The molecule has 0 unspecified atom stereocenters. The van der Waals surface area contributed by atoms with Crippen LogP contribution in [0, 0.1) is 0 Å². The molecule has 0 saturated heterocycles. The zero-order valence-corrected chi connectivity index (χ0v) is 17.9. The van der Waals surface area contributed by atoms with Gasteiger partial charge in [-0.15, -0.1) is 11.3 Å². The van der Waals surface area contributed by atoms with Gasteiger partial charge in [0, 0.05) is 42.2 Å². The lowest BCUT2D eigenvalue weighted by Gasteiger charge is -2.32. The lowest BCUT2D eigenvalue weighted by Crippen LogP contribution is -2.41. The topological polar surface area (TPSA) is 72.3 Å². The van der Waals surface area contributed by atoms with Crippen molar-refractivity contribution in [2.24, 2.45) is 0 Å². The molecule has 1 aliphatic rings. The summed E-state index contributed by atoms with van der Waals surface area (Å²) in [6.45, 7) is 8.14. The second-order valence-electron chi connectivity index (χ2n) is 7.45. The van der Waals surface area contributed by atoms with Crippen molar-refractivity contribution in [1.82, 2.24) is 19.7 Å². The number of ether oxygens (including phenoxy) is 1. The zero-order chi connectivity index (χ0) is 20.6. The van der Waals surface area contributed by atoms with E-state index in [1.807, 2.05) is 40.8 Å². The average molecular weight is 412 g/mol. The van der Waals surface area contributed by atoms with E-state index in [1.54, 1.807) is 30.8 Å². The van der Waals surface area contributed by atoms with E-state index >= 15 is 0 Å². The Balaban J connectivity index is 1.62. The monoisotopic (exact) mass is 411 g/mol. The maximum absolute atomic E-state index is 13.0. The summed E-state index contributed by atoms with van der Waals surface area (Å²) >= 11 is 1.67. The number of carbonyl (C=O) groups is 1. The van der Waals surface area contributed by atoms with Crippen molar-refractivity contribution in [3.8, 4) is 10.4 Å². The molecule has 8 heteroatoms. The Kier molecular flexibility index (Phi) is 5.14. The fraction of sp³-hybridized carbons (Fsp3) is 0.381. The molecule has 3 aromatic rings. The molecule has 0 atom stereocenters. The van der Waals surface area contributed by atoms with Crippen molar-refractivity contribution in [2.75, 3.05) is 25.6 Å². The van der Waals surface area contributed by atoms with Gasteiger partial charge in [-0.2, -0.15) is 5.10 Å². The number of fused-ring (bicyclic) bond motifs is 1. The normalized spacial score (nSPS) is 15.0. The number of amides is 1. The summed E-state index contributed by atoms with van der Waals surface area (Å²) in [6, 6.07) is 7.91. The lowest BCUT2D eigenvalue weighted by atomic mass is 10.0. The van der Waals surface area contributed by atoms with Crippen LogP contribution in [0.1, 0.15) is 36.0 Å². The molecule has 1 amide bonds. The van der Waals surface area contributed by atoms with Crippen molar-refractivity contribution in [3.63, 3.8) is 0 Å². The largest absolute Gasteiger partial charge is 0.383 e. The lowest BCUT2D eigenvalue weighted by molar-refractivity contribution is 0.0526. The predicted octanol–water partition coefficient (Wildman–Crippen LogP) is 4.11. The molecule has 0 bridgehead atoms. The summed E-state index contributed by atoms with van der Waals surface area (Å²) in [6.07, 6.45) is 3.55. The molecule has 152 valence electrons. The van der Waals surface area contributed by atoms with Crippen LogP contribution >= 0.6 is 11.3 Å². The molecule has 29 heavy (non-hydrogen) atoms. The van der Waals surface area contributed by atoms with E-state index in [1.165, 1.54) is 0 Å². The molecule has 4 rings (SSSR count). The Hall–Kier alpha value is -2.71. The molecule has 0 fully saturated rings. The van der Waals surface area contributed by atoms with Gasteiger partial charge >= 0.3 is 0 Å². The first-order chi connectivity index (χ1) is 14.0. The quantitative estimate of drug-likeness (QED) is 0.633. The second kappa shape index (κ2) is 7.61. The first-order valence-corrected chi connectivity index (χ1v) is 10.5. The fourth-order valence-electron chi connectivity index (χ4n) is 3.71. The van der Waals surface area contributed by atoms with Crippen molar-refractivity contribution in [1.29, 1.82) is 0 Å². The minimum Gasteiger partial charge on any atom is -0.383 e. The number of aryl methyl sites for hydroxylation is 1. The highest BCUT2D eigenvalue weighted by molar-refractivity contribution is 7.16. The molecule has 0 spiro atoms. The molecule has 4 heterocycles. The highest BCUT2D eigenvalue weighted by Crippen LogP contribution is 2.46. The Bertz CT molecular complexity index is 1040. The number of methoxy groups -OCH3 is 1. The maximum Gasteiger partial charge on any atom is 0.255 e. The van der Waals surface area contributed by atoms with Gasteiger partial charge < -0.3 is 15.0 Å². The van der Waals surface area contributed by atoms with Crippen LogP contribution in [0.5, 0.6) is 0 Å². The summed E-state index contributed by atoms with van der Waals surface area (Å²) < 4.78 is 7.05. The Morgan fingerprint density at radius 3 is 2.79 bits per heavy atom. The number of pyridine rings is 1. The molecule has 0 aromatic carbocycles. The zero-order valence-electron chi connectivity index (χ0n) is 17.1. The van der Waals surface area contributed by atoms with E-state index in [-0.39, 0.29) is 11.4 Å². The van der Waals surface area contributed by atoms with Gasteiger partial charge in [-0.1, -0.05) is 0 Å². The van der Waals surface area contributed by atoms with Gasteiger partial charge in [-0.05, 0) is 44.5 Å². The number of aromatic nitrogens is 3. The number of nitrogens with one attached hydrogen (secondary N) is 1. The molecule has 1 N–H and O–H groups in total. The first kappa shape index (κ1) is 19.6. The fourth-order valence-corrected chi connectivity index (χ4v) is 4.96. The van der Waals surface area contributed by atoms with Gasteiger partial charge in [0.25, 0.3) is 5.91 Å². The van der Waals surface area contributed by atoms with Gasteiger partial charge in [-0.25, -0.2) is 9.67 Å². The number of hydrogen-bond donors (Lipinski definition) is 1. The van der Waals surface area contributed by atoms with E-state index in [2.05, 4.69) is 29.2 Å². The summed E-state index contributed by atoms with van der Waals surface area (Å²) in [5, 5.41) is 7.60. The first-order valence-electron chi connectivity index (χ1n) is 9.66.